The largest absolute Gasteiger partial charge is 0.364 e. The Morgan fingerprint density at radius 1 is 1.18 bits per heavy atom. The predicted molar refractivity (Wildman–Crippen MR) is 111 cm³/mol. The van der Waals surface area contributed by atoms with Crippen molar-refractivity contribution in [2.45, 2.75) is 52.5 Å². The van der Waals surface area contributed by atoms with Crippen molar-refractivity contribution in [2.24, 2.45) is 11.3 Å². The van der Waals surface area contributed by atoms with Gasteiger partial charge < -0.3 is 10.3 Å². The van der Waals surface area contributed by atoms with Gasteiger partial charge >= 0.3 is 0 Å². The molecule has 1 aliphatic rings. The van der Waals surface area contributed by atoms with Crippen molar-refractivity contribution in [3.63, 3.8) is 0 Å². The Morgan fingerprint density at radius 2 is 1.96 bits per heavy atom. The number of hydrogen-bond donors (Lipinski definition) is 2. The molecule has 28 heavy (non-hydrogen) atoms. The number of halogens is 2. The Bertz CT molecular complexity index is 994. The van der Waals surface area contributed by atoms with E-state index in [4.69, 9.17) is 11.6 Å². The minimum absolute atomic E-state index is 0.156. The molecule has 7 heteroatoms. The van der Waals surface area contributed by atoms with Crippen molar-refractivity contribution in [2.75, 3.05) is 5.32 Å². The zero-order chi connectivity index (χ0) is 19.9. The van der Waals surface area contributed by atoms with E-state index in [1.807, 2.05) is 6.07 Å². The molecule has 1 aliphatic carbocycles. The number of aromatic nitrogens is 4. The number of fused-ring (bicyclic) bond motifs is 1. The summed E-state index contributed by atoms with van der Waals surface area (Å²) in [6.45, 7) is 6.76. The van der Waals surface area contributed by atoms with Crippen LogP contribution in [-0.4, -0.2) is 26.0 Å². The maximum atomic E-state index is 14.5. The highest BCUT2D eigenvalue weighted by molar-refractivity contribution is 6.31. The first kappa shape index (κ1) is 19.1. The smallest absolute Gasteiger partial charge is 0.183 e. The lowest BCUT2D eigenvalue weighted by molar-refractivity contribution is 0.162. The first-order valence-electron chi connectivity index (χ1n) is 9.75. The predicted octanol–water partition coefficient (Wildman–Crippen LogP) is 5.83. The van der Waals surface area contributed by atoms with E-state index in [9.17, 15) is 4.39 Å². The van der Waals surface area contributed by atoms with Gasteiger partial charge in [-0.25, -0.2) is 19.3 Å². The summed E-state index contributed by atoms with van der Waals surface area (Å²) in [5.41, 5.74) is 1.61. The summed E-state index contributed by atoms with van der Waals surface area (Å²) in [5.74, 6) is 0.742. The van der Waals surface area contributed by atoms with Crippen LogP contribution in [0.15, 0.2) is 24.7 Å². The van der Waals surface area contributed by atoms with Crippen molar-refractivity contribution in [1.82, 2.24) is 19.9 Å². The maximum absolute atomic E-state index is 14.5. The van der Waals surface area contributed by atoms with Crippen LogP contribution in [0.25, 0.3) is 22.4 Å². The zero-order valence-corrected chi connectivity index (χ0v) is 17.1. The second-order valence-electron chi connectivity index (χ2n) is 8.65. The molecule has 2 N–H and O–H groups in total. The Labute approximate surface area is 169 Å². The van der Waals surface area contributed by atoms with Gasteiger partial charge in [0.25, 0.3) is 0 Å². The van der Waals surface area contributed by atoms with E-state index in [1.165, 1.54) is 12.6 Å². The average molecular weight is 402 g/mol. The molecule has 3 aromatic heterocycles. The van der Waals surface area contributed by atoms with Crippen LogP contribution in [-0.2, 0) is 0 Å². The van der Waals surface area contributed by atoms with Crippen molar-refractivity contribution in [3.8, 4) is 11.4 Å². The number of rotatable bonds is 3. The molecule has 0 bridgehead atoms. The molecule has 4 rings (SSSR count). The third kappa shape index (κ3) is 3.70. The minimum atomic E-state index is -0.432. The van der Waals surface area contributed by atoms with Crippen LogP contribution < -0.4 is 5.32 Å². The quantitative estimate of drug-likeness (QED) is 0.579. The normalized spacial score (nSPS) is 20.5. The average Bonchev–Trinajstić information content (AvgIpc) is 3.06. The Kier molecular flexibility index (Phi) is 5.00. The molecule has 2 unspecified atom stereocenters. The lowest BCUT2D eigenvalue weighted by atomic mass is 9.69. The number of aromatic amines is 1. The van der Waals surface area contributed by atoms with Gasteiger partial charge in [0.15, 0.2) is 17.5 Å². The van der Waals surface area contributed by atoms with Gasteiger partial charge in [0.1, 0.15) is 5.65 Å². The molecular weight excluding hydrogens is 377 g/mol. The second-order valence-corrected chi connectivity index (χ2v) is 9.09. The van der Waals surface area contributed by atoms with Crippen LogP contribution in [0, 0.1) is 17.2 Å². The number of nitrogens with one attached hydrogen (secondary N) is 2. The number of H-pyrrole nitrogens is 1. The first-order chi connectivity index (χ1) is 13.3. The molecule has 0 aromatic carbocycles. The van der Waals surface area contributed by atoms with Crippen LogP contribution in [0.4, 0.5) is 10.2 Å². The summed E-state index contributed by atoms with van der Waals surface area (Å²) in [6, 6.07) is 2.01. The molecule has 1 fully saturated rings. The third-order valence-corrected chi connectivity index (χ3v) is 5.89. The van der Waals surface area contributed by atoms with E-state index < -0.39 is 5.82 Å². The lowest BCUT2D eigenvalue weighted by Gasteiger charge is -2.41. The van der Waals surface area contributed by atoms with Crippen LogP contribution in [0.2, 0.25) is 5.02 Å². The van der Waals surface area contributed by atoms with E-state index in [-0.39, 0.29) is 17.3 Å². The van der Waals surface area contributed by atoms with Gasteiger partial charge in [-0.2, -0.15) is 0 Å². The molecule has 0 aliphatic heterocycles. The highest BCUT2D eigenvalue weighted by Crippen LogP contribution is 2.39. The van der Waals surface area contributed by atoms with E-state index in [0.717, 1.165) is 30.2 Å². The lowest BCUT2D eigenvalue weighted by Crippen LogP contribution is -2.40. The minimum Gasteiger partial charge on any atom is -0.364 e. The number of pyridine rings is 1. The van der Waals surface area contributed by atoms with Crippen molar-refractivity contribution >= 4 is 28.5 Å². The van der Waals surface area contributed by atoms with Crippen molar-refractivity contribution in [3.05, 3.63) is 35.5 Å². The van der Waals surface area contributed by atoms with Crippen LogP contribution in [0.3, 0.4) is 0 Å². The van der Waals surface area contributed by atoms with Gasteiger partial charge in [-0.15, -0.1) is 0 Å². The fourth-order valence-electron chi connectivity index (χ4n) is 4.28. The molecule has 148 valence electrons. The number of hydrogen-bond acceptors (Lipinski definition) is 4. The van der Waals surface area contributed by atoms with E-state index >= 15 is 0 Å². The van der Waals surface area contributed by atoms with Crippen LogP contribution in [0.5, 0.6) is 0 Å². The van der Waals surface area contributed by atoms with Gasteiger partial charge in [0.2, 0.25) is 0 Å². The fraction of sp³-hybridized carbons (Fsp3) is 0.476. The van der Waals surface area contributed by atoms with Crippen LogP contribution >= 0.6 is 11.6 Å². The fourth-order valence-corrected chi connectivity index (χ4v) is 4.43. The summed E-state index contributed by atoms with van der Waals surface area (Å²) < 4.78 is 14.5. The molecule has 0 radical (unpaired) electrons. The molecule has 2 atom stereocenters. The standard InChI is InChI=1S/C21H25ClFN5/c1-21(2,3)15-6-4-5-7-17(15)27-20-16(23)11-26-19(28-20)14-10-25-18-13(14)8-12(22)9-24-18/h8-11,15,17H,4-7H2,1-3H3,(H,24,25)(H,26,27,28). The Morgan fingerprint density at radius 3 is 2.75 bits per heavy atom. The number of anilines is 1. The Hall–Kier alpha value is -2.21. The zero-order valence-electron chi connectivity index (χ0n) is 16.4. The monoisotopic (exact) mass is 401 g/mol. The summed E-state index contributed by atoms with van der Waals surface area (Å²) in [4.78, 5) is 16.1. The van der Waals surface area contributed by atoms with Crippen molar-refractivity contribution in [1.29, 1.82) is 0 Å². The van der Waals surface area contributed by atoms with E-state index in [2.05, 4.69) is 46.0 Å². The van der Waals surface area contributed by atoms with Gasteiger partial charge in [-0.3, -0.25) is 0 Å². The Balaban J connectivity index is 1.68. The maximum Gasteiger partial charge on any atom is 0.183 e. The van der Waals surface area contributed by atoms with Gasteiger partial charge in [0.05, 0.1) is 11.2 Å². The van der Waals surface area contributed by atoms with Gasteiger partial charge in [-0.1, -0.05) is 45.2 Å². The molecule has 3 heterocycles. The number of nitrogens with zero attached hydrogens (tertiary/aromatic N) is 3. The topological polar surface area (TPSA) is 66.5 Å². The van der Waals surface area contributed by atoms with Gasteiger partial charge in [-0.05, 0) is 30.2 Å². The van der Waals surface area contributed by atoms with Crippen molar-refractivity contribution < 1.29 is 4.39 Å². The van der Waals surface area contributed by atoms with E-state index in [1.54, 1.807) is 12.4 Å². The second kappa shape index (κ2) is 7.32. The summed E-state index contributed by atoms with van der Waals surface area (Å²) in [5, 5.41) is 4.74. The molecule has 0 amide bonds. The first-order valence-corrected chi connectivity index (χ1v) is 10.1. The SMILES string of the molecule is CC(C)(C)C1CCCCC1Nc1nc(-c2c[nH]c3ncc(Cl)cc23)ncc1F. The third-order valence-electron chi connectivity index (χ3n) is 5.68. The molecular formula is C21H25ClFN5. The van der Waals surface area contributed by atoms with E-state index in [0.29, 0.717) is 22.4 Å². The highest BCUT2D eigenvalue weighted by Gasteiger charge is 2.34. The summed E-state index contributed by atoms with van der Waals surface area (Å²) in [7, 11) is 0. The molecule has 3 aromatic rings. The molecule has 1 saturated carbocycles. The summed E-state index contributed by atoms with van der Waals surface area (Å²) in [6.07, 6.45) is 9.14. The molecule has 0 saturated heterocycles. The highest BCUT2D eigenvalue weighted by atomic mass is 35.5. The summed E-state index contributed by atoms with van der Waals surface area (Å²) >= 11 is 6.09. The van der Waals surface area contributed by atoms with Crippen LogP contribution in [0.1, 0.15) is 46.5 Å². The molecule has 5 nitrogen and oxygen atoms in total. The van der Waals surface area contributed by atoms with Gasteiger partial charge in [0, 0.05) is 29.4 Å². The molecule has 0 spiro atoms.